The molecule has 0 N–H and O–H groups in total. The van der Waals surface area contributed by atoms with Crippen LogP contribution in [-0.4, -0.2) is 74.2 Å². The number of carbonyl (C=O) groups excluding carboxylic acids is 6. The van der Waals surface area contributed by atoms with Crippen molar-refractivity contribution in [1.29, 1.82) is 0 Å². The Morgan fingerprint density at radius 2 is 0.661 bits per heavy atom. The second kappa shape index (κ2) is 27.6. The third-order valence-electron chi connectivity index (χ3n) is 8.31. The van der Waals surface area contributed by atoms with Crippen LogP contribution in [0.1, 0.15) is 90.2 Å². The number of carbonyl (C=O) groups is 6. The van der Waals surface area contributed by atoms with Gasteiger partial charge in [0.15, 0.2) is 0 Å². The summed E-state index contributed by atoms with van der Waals surface area (Å²) in [5.74, 6) is -4.80. The molecule has 0 aliphatic rings. The molecule has 2 aromatic carbocycles. The van der Waals surface area contributed by atoms with Crippen molar-refractivity contribution in [3.8, 4) is 0 Å². The van der Waals surface area contributed by atoms with Gasteiger partial charge in [0.1, 0.15) is 0 Å². The zero-order valence-corrected chi connectivity index (χ0v) is 38.7. The van der Waals surface area contributed by atoms with Gasteiger partial charge in [-0.25, -0.2) is 0 Å². The molecule has 2 rings (SSSR count). The van der Waals surface area contributed by atoms with Gasteiger partial charge in [0.05, 0.1) is 0 Å². The summed E-state index contributed by atoms with van der Waals surface area (Å²) in [6, 6.07) is 18.2. The van der Waals surface area contributed by atoms with E-state index in [0.29, 0.717) is 43.4 Å². The molecule has 0 spiro atoms. The first-order valence-electron chi connectivity index (χ1n) is 19.3. The van der Waals surface area contributed by atoms with E-state index in [2.05, 4.69) is 0 Å². The van der Waals surface area contributed by atoms with E-state index < -0.39 is 74.2 Å². The average molecular weight is 990 g/mol. The van der Waals surface area contributed by atoms with Gasteiger partial charge in [-0.1, -0.05) is 0 Å². The van der Waals surface area contributed by atoms with Crippen molar-refractivity contribution < 1.29 is 50.5 Å². The van der Waals surface area contributed by atoms with Gasteiger partial charge in [0, 0.05) is 0 Å². The zero-order chi connectivity index (χ0) is 41.1. The molecule has 0 aliphatic carbocycles. The molecule has 0 radical (unpaired) electrons. The Hall–Kier alpha value is -3.92. The molecule has 0 amide bonds. The molecule has 0 saturated carbocycles. The van der Waals surface area contributed by atoms with Gasteiger partial charge >= 0.3 is 343 Å². The molecule has 0 aliphatic heterocycles. The Bertz CT molecular complexity index is 1490. The number of hydrogen-bond donors (Lipinski definition) is 0. The van der Waals surface area contributed by atoms with Crippen LogP contribution in [0.2, 0.25) is 17.7 Å². The number of esters is 2. The van der Waals surface area contributed by atoms with Crippen LogP contribution in [0.3, 0.4) is 0 Å². The van der Waals surface area contributed by atoms with Crippen LogP contribution >= 0.6 is 0 Å². The van der Waals surface area contributed by atoms with Crippen LogP contribution in [0.25, 0.3) is 0 Å². The first kappa shape index (κ1) is 48.2. The summed E-state index contributed by atoms with van der Waals surface area (Å²) in [6.07, 6.45) is 11.4. The molecular weight excluding hydrogens is 934 g/mol. The summed E-state index contributed by atoms with van der Waals surface area (Å²) in [4.78, 5) is 77.1. The minimum absolute atomic E-state index is 0.0369. The summed E-state index contributed by atoms with van der Waals surface area (Å²) >= 11 is -8.98. The quantitative estimate of drug-likeness (QED) is 0.0505. The van der Waals surface area contributed by atoms with E-state index in [1.54, 1.807) is 24.3 Å². The molecule has 2 aromatic rings. The molecule has 0 aromatic heterocycles. The van der Waals surface area contributed by atoms with Crippen LogP contribution in [0, 0.1) is 0 Å². The molecule has 14 heteroatoms. The van der Waals surface area contributed by atoms with Gasteiger partial charge in [-0.05, 0) is 0 Å². The Kier molecular flexibility index (Phi) is 23.8. The third kappa shape index (κ3) is 20.3. The van der Waals surface area contributed by atoms with Crippen LogP contribution in [0.5, 0.6) is 0 Å². The van der Waals surface area contributed by atoms with Crippen molar-refractivity contribution in [2.24, 2.45) is 0 Å². The van der Waals surface area contributed by atoms with Gasteiger partial charge in [-0.2, -0.15) is 0 Å². The maximum atomic E-state index is 13.3. The Labute approximate surface area is 340 Å². The number of rotatable bonds is 26. The summed E-state index contributed by atoms with van der Waals surface area (Å²) in [5.41, 5.74) is 1.58. The predicted molar refractivity (Wildman–Crippen MR) is 215 cm³/mol. The maximum absolute atomic E-state index is 13.3. The summed E-state index contributed by atoms with van der Waals surface area (Å²) < 4.78 is 35.7. The zero-order valence-electron chi connectivity index (χ0n) is 33.0. The Morgan fingerprint density at radius 3 is 0.911 bits per heavy atom. The van der Waals surface area contributed by atoms with E-state index in [0.717, 1.165) is 73.3 Å². The molecule has 304 valence electrons. The fourth-order valence-corrected chi connectivity index (χ4v) is 24.5. The van der Waals surface area contributed by atoms with Crippen molar-refractivity contribution in [2.75, 3.05) is 0 Å². The van der Waals surface area contributed by atoms with Crippen LogP contribution in [0.15, 0.2) is 97.1 Å². The van der Waals surface area contributed by atoms with Crippen LogP contribution in [0.4, 0.5) is 0 Å². The summed E-state index contributed by atoms with van der Waals surface area (Å²) in [6.45, 7) is 7.94. The van der Waals surface area contributed by atoms with Crippen LogP contribution in [-0.2, 0) is 63.8 Å². The fourth-order valence-electron chi connectivity index (χ4n) is 5.32. The van der Waals surface area contributed by atoms with E-state index in [1.165, 1.54) is 0 Å². The van der Waals surface area contributed by atoms with Gasteiger partial charge in [0.25, 0.3) is 0 Å². The van der Waals surface area contributed by atoms with E-state index in [4.69, 9.17) is 21.8 Å². The van der Waals surface area contributed by atoms with Crippen molar-refractivity contribution in [3.63, 3.8) is 0 Å². The molecular formula is C42H56O12Sn2. The minimum atomic E-state index is -4.49. The predicted octanol–water partition coefficient (Wildman–Crippen LogP) is 8.40. The third-order valence-corrected chi connectivity index (χ3v) is 27.6. The van der Waals surface area contributed by atoms with Gasteiger partial charge in [-0.15, -0.1) is 0 Å². The first-order chi connectivity index (χ1) is 27.0. The van der Waals surface area contributed by atoms with Gasteiger partial charge in [-0.3, -0.25) is 0 Å². The molecule has 0 heterocycles. The summed E-state index contributed by atoms with van der Waals surface area (Å²) in [5, 5.41) is 0. The van der Waals surface area contributed by atoms with E-state index in [9.17, 15) is 28.8 Å². The molecule has 0 bridgehead atoms. The molecule has 0 unspecified atom stereocenters. The average Bonchev–Trinajstić information content (AvgIpc) is 3.20. The van der Waals surface area contributed by atoms with Gasteiger partial charge in [0.2, 0.25) is 0 Å². The van der Waals surface area contributed by atoms with Crippen molar-refractivity contribution in [2.45, 2.75) is 110 Å². The standard InChI is InChI=1S/2C11H10O4.C4H4O4.4C4H9.2Sn/c2*12-10(13)6-7-11(14)15-8-9-4-2-1-3-5-9;5-3(6)1-2-4(7)8;4*1-3-4-2;;/h2*1-7H,8H2,(H,12,13);1-2H,(H,5,6)(H,7,8);4*1,3-4H2,2H3;;/q;;;;;;;2*+2/p-4. The monoisotopic (exact) mass is 992 g/mol. The number of ether oxygens (including phenoxy) is 2. The van der Waals surface area contributed by atoms with E-state index >= 15 is 0 Å². The van der Waals surface area contributed by atoms with E-state index in [1.807, 2.05) is 64.1 Å². The molecule has 0 saturated heterocycles. The van der Waals surface area contributed by atoms with Crippen molar-refractivity contribution in [1.82, 2.24) is 0 Å². The molecule has 56 heavy (non-hydrogen) atoms. The number of hydrogen-bond acceptors (Lipinski definition) is 12. The fraction of sp³-hybridized carbons (Fsp3) is 0.429. The Balaban J connectivity index is 2.16. The summed E-state index contributed by atoms with van der Waals surface area (Å²) in [7, 11) is 0. The van der Waals surface area contributed by atoms with E-state index in [-0.39, 0.29) is 13.2 Å². The molecule has 0 fully saturated rings. The Morgan fingerprint density at radius 1 is 0.411 bits per heavy atom. The SMILES string of the molecule is CCC[CH2][Sn]([CH2]CCC)([O]C(=O)C=CC(=O)OCc1ccccc1)[O]C(=O)C=CC(=O)[O][Sn]([CH2]CCC)([CH2]CCC)[O]C(=O)C=CC(=O)OCc1ccccc1. The van der Waals surface area contributed by atoms with Crippen molar-refractivity contribution in [3.05, 3.63) is 108 Å². The normalized spacial score (nSPS) is 11.7. The first-order valence-corrected chi connectivity index (χ1v) is 32.1. The number of unbranched alkanes of at least 4 members (excludes halogenated alkanes) is 4. The second-order valence-corrected chi connectivity index (χ2v) is 31.5. The van der Waals surface area contributed by atoms with Crippen LogP contribution < -0.4 is 0 Å². The van der Waals surface area contributed by atoms with Gasteiger partial charge < -0.3 is 0 Å². The second-order valence-electron chi connectivity index (χ2n) is 13.1. The topological polar surface area (TPSA) is 158 Å². The molecule has 0 atom stereocenters. The number of benzene rings is 2. The molecule has 12 nitrogen and oxygen atoms in total. The van der Waals surface area contributed by atoms with Crippen molar-refractivity contribution >= 4 is 74.2 Å².